The Morgan fingerprint density at radius 2 is 1.71 bits per heavy atom. The highest BCUT2D eigenvalue weighted by Crippen LogP contribution is 2.28. The van der Waals surface area contributed by atoms with Crippen LogP contribution < -0.4 is 9.04 Å². The van der Waals surface area contributed by atoms with Crippen LogP contribution in [0.2, 0.25) is 0 Å². The minimum absolute atomic E-state index is 0.0134. The zero-order valence-corrected chi connectivity index (χ0v) is 20.9. The molecule has 1 atom stereocenters. The number of nitriles is 1. The van der Waals surface area contributed by atoms with Crippen LogP contribution in [0.15, 0.2) is 83.8 Å². The zero-order valence-electron chi connectivity index (χ0n) is 20.1. The van der Waals surface area contributed by atoms with Crippen LogP contribution in [0, 0.1) is 17.2 Å². The van der Waals surface area contributed by atoms with Crippen LogP contribution in [-0.2, 0) is 16.6 Å². The number of hydrogen-bond acceptors (Lipinski definition) is 5. The van der Waals surface area contributed by atoms with Crippen molar-refractivity contribution in [2.45, 2.75) is 25.3 Å². The first-order chi connectivity index (χ1) is 16.8. The molecular weight excluding hydrogens is 462 g/mol. The van der Waals surface area contributed by atoms with Crippen LogP contribution >= 0.6 is 0 Å². The normalized spacial score (nSPS) is 11.8. The summed E-state index contributed by atoms with van der Waals surface area (Å²) in [6.07, 6.45) is 0. The molecule has 0 aliphatic heterocycles. The number of carbonyl (C=O) groups is 1. The summed E-state index contributed by atoms with van der Waals surface area (Å²) in [5.74, 6) is -0.0300. The summed E-state index contributed by atoms with van der Waals surface area (Å²) in [6.45, 7) is 4.37. The lowest BCUT2D eigenvalue weighted by Crippen LogP contribution is -2.34. The average molecular weight is 492 g/mol. The van der Waals surface area contributed by atoms with E-state index in [1.165, 1.54) is 16.4 Å². The summed E-state index contributed by atoms with van der Waals surface area (Å²) >= 11 is 0. The van der Waals surface area contributed by atoms with Gasteiger partial charge in [0.1, 0.15) is 5.75 Å². The molecule has 1 unspecified atom stereocenters. The second-order valence-corrected chi connectivity index (χ2v) is 9.96. The van der Waals surface area contributed by atoms with Gasteiger partial charge in [-0.3, -0.25) is 9.10 Å². The molecule has 8 heteroatoms. The SMILES string of the molecule is CCN(CC(C)C#N)C(=O)c1cccc(S(=O)(=O)N(Cc2ccccc2)c2ccc(OC)cc2)c1. The van der Waals surface area contributed by atoms with E-state index in [4.69, 9.17) is 10.00 Å². The molecule has 3 rings (SSSR count). The van der Waals surface area contributed by atoms with Crippen LogP contribution in [0.3, 0.4) is 0 Å². The molecule has 0 aliphatic carbocycles. The van der Waals surface area contributed by atoms with E-state index in [0.29, 0.717) is 18.0 Å². The topological polar surface area (TPSA) is 90.7 Å². The molecule has 0 radical (unpaired) electrons. The third-order valence-corrected chi connectivity index (χ3v) is 7.35. The van der Waals surface area contributed by atoms with Crippen molar-refractivity contribution in [1.82, 2.24) is 4.90 Å². The van der Waals surface area contributed by atoms with Crippen molar-refractivity contribution in [2.24, 2.45) is 5.92 Å². The minimum atomic E-state index is -4.02. The monoisotopic (exact) mass is 491 g/mol. The van der Waals surface area contributed by atoms with Gasteiger partial charge < -0.3 is 9.64 Å². The Balaban J connectivity index is 2.01. The van der Waals surface area contributed by atoms with E-state index in [0.717, 1.165) is 5.56 Å². The Labute approximate surface area is 207 Å². The molecule has 35 heavy (non-hydrogen) atoms. The maximum absolute atomic E-state index is 13.9. The van der Waals surface area contributed by atoms with Gasteiger partial charge in [0.15, 0.2) is 0 Å². The number of nitrogens with zero attached hydrogens (tertiary/aromatic N) is 3. The van der Waals surface area contributed by atoms with E-state index in [1.54, 1.807) is 55.3 Å². The highest BCUT2D eigenvalue weighted by molar-refractivity contribution is 7.92. The van der Waals surface area contributed by atoms with Gasteiger partial charge in [-0.15, -0.1) is 0 Å². The number of rotatable bonds is 10. The van der Waals surface area contributed by atoms with Gasteiger partial charge in [0.05, 0.1) is 36.2 Å². The predicted molar refractivity (Wildman–Crippen MR) is 136 cm³/mol. The fourth-order valence-electron chi connectivity index (χ4n) is 3.64. The molecule has 0 spiro atoms. The third kappa shape index (κ3) is 6.19. The largest absolute Gasteiger partial charge is 0.497 e. The number of sulfonamides is 1. The number of hydrogen-bond donors (Lipinski definition) is 0. The Morgan fingerprint density at radius 3 is 2.31 bits per heavy atom. The van der Waals surface area contributed by atoms with Crippen LogP contribution in [0.1, 0.15) is 29.8 Å². The van der Waals surface area contributed by atoms with Crippen LogP contribution in [0.5, 0.6) is 5.75 Å². The van der Waals surface area contributed by atoms with Gasteiger partial charge in [-0.05, 0) is 61.9 Å². The van der Waals surface area contributed by atoms with Crippen molar-refractivity contribution in [2.75, 3.05) is 24.5 Å². The Kier molecular flexibility index (Phi) is 8.50. The number of methoxy groups -OCH3 is 1. The molecule has 7 nitrogen and oxygen atoms in total. The lowest BCUT2D eigenvalue weighted by atomic mass is 10.1. The van der Waals surface area contributed by atoms with E-state index in [1.807, 2.05) is 37.3 Å². The van der Waals surface area contributed by atoms with Gasteiger partial charge in [-0.2, -0.15) is 5.26 Å². The van der Waals surface area contributed by atoms with Gasteiger partial charge in [-0.1, -0.05) is 36.4 Å². The highest BCUT2D eigenvalue weighted by atomic mass is 32.2. The van der Waals surface area contributed by atoms with Gasteiger partial charge in [0.25, 0.3) is 15.9 Å². The van der Waals surface area contributed by atoms with Gasteiger partial charge in [0, 0.05) is 18.7 Å². The fraction of sp³-hybridized carbons (Fsp3) is 0.259. The number of benzene rings is 3. The molecule has 0 aromatic heterocycles. The highest BCUT2D eigenvalue weighted by Gasteiger charge is 2.27. The smallest absolute Gasteiger partial charge is 0.264 e. The van der Waals surface area contributed by atoms with Crippen molar-refractivity contribution < 1.29 is 17.9 Å². The maximum atomic E-state index is 13.9. The summed E-state index contributed by atoms with van der Waals surface area (Å²) < 4.78 is 34.3. The predicted octanol–water partition coefficient (Wildman–Crippen LogP) is 4.71. The quantitative estimate of drug-likeness (QED) is 0.410. The van der Waals surface area contributed by atoms with E-state index < -0.39 is 10.0 Å². The molecule has 182 valence electrons. The molecule has 1 amide bonds. The number of carbonyl (C=O) groups excluding carboxylic acids is 1. The molecule has 0 fully saturated rings. The zero-order chi connectivity index (χ0) is 25.4. The molecule has 0 aliphatic rings. The van der Waals surface area contributed by atoms with E-state index in [2.05, 4.69) is 6.07 Å². The van der Waals surface area contributed by atoms with E-state index >= 15 is 0 Å². The van der Waals surface area contributed by atoms with Crippen LogP contribution in [0.25, 0.3) is 0 Å². The minimum Gasteiger partial charge on any atom is -0.497 e. The third-order valence-electron chi connectivity index (χ3n) is 5.58. The van der Waals surface area contributed by atoms with E-state index in [-0.39, 0.29) is 35.4 Å². The first kappa shape index (κ1) is 25.8. The van der Waals surface area contributed by atoms with Crippen molar-refractivity contribution in [3.8, 4) is 11.8 Å². The average Bonchev–Trinajstić information content (AvgIpc) is 2.90. The van der Waals surface area contributed by atoms with Crippen molar-refractivity contribution in [1.29, 1.82) is 5.26 Å². The summed E-state index contributed by atoms with van der Waals surface area (Å²) in [5, 5.41) is 9.13. The Bertz CT molecular complexity index is 1290. The summed E-state index contributed by atoms with van der Waals surface area (Å²) in [7, 11) is -2.47. The van der Waals surface area contributed by atoms with Gasteiger partial charge in [-0.25, -0.2) is 8.42 Å². The van der Waals surface area contributed by atoms with Crippen molar-refractivity contribution in [3.05, 3.63) is 90.0 Å². The number of ether oxygens (including phenoxy) is 1. The summed E-state index contributed by atoms with van der Waals surface area (Å²) in [5.41, 5.74) is 1.55. The molecule has 0 saturated carbocycles. The lowest BCUT2D eigenvalue weighted by Gasteiger charge is -2.26. The van der Waals surface area contributed by atoms with E-state index in [9.17, 15) is 13.2 Å². The summed E-state index contributed by atoms with van der Waals surface area (Å²) in [6, 6.07) is 24.3. The first-order valence-electron chi connectivity index (χ1n) is 11.3. The second kappa shape index (κ2) is 11.5. The molecule has 0 heterocycles. The maximum Gasteiger partial charge on any atom is 0.264 e. The van der Waals surface area contributed by atoms with Crippen molar-refractivity contribution >= 4 is 21.6 Å². The molecule has 3 aromatic carbocycles. The van der Waals surface area contributed by atoms with Gasteiger partial charge >= 0.3 is 0 Å². The standard InChI is InChI=1S/C27H29N3O4S/c1-4-29(19-21(2)18-28)27(31)23-11-8-12-26(17-23)35(32,33)30(20-22-9-6-5-7-10-22)24-13-15-25(34-3)16-14-24/h5-17,21H,4,19-20H2,1-3H3. The molecule has 0 bridgehead atoms. The van der Waals surface area contributed by atoms with Gasteiger partial charge in [0.2, 0.25) is 0 Å². The fourth-order valence-corrected chi connectivity index (χ4v) is 5.14. The molecule has 0 saturated heterocycles. The first-order valence-corrected chi connectivity index (χ1v) is 12.7. The van der Waals surface area contributed by atoms with Crippen LogP contribution in [0.4, 0.5) is 5.69 Å². The lowest BCUT2D eigenvalue weighted by molar-refractivity contribution is 0.0752. The summed E-state index contributed by atoms with van der Waals surface area (Å²) in [4.78, 5) is 14.7. The van der Waals surface area contributed by atoms with Crippen molar-refractivity contribution in [3.63, 3.8) is 0 Å². The number of anilines is 1. The molecule has 3 aromatic rings. The number of amides is 1. The van der Waals surface area contributed by atoms with Crippen LogP contribution in [-0.4, -0.2) is 39.4 Å². The second-order valence-electron chi connectivity index (χ2n) is 8.10. The molecule has 0 N–H and O–H groups in total. The molecular formula is C27H29N3O4S. The Hall–Kier alpha value is -3.83. The Morgan fingerprint density at radius 1 is 1.03 bits per heavy atom.